The number of hydrogen-bond acceptors (Lipinski definition) is 5. The SMILES string of the molecule is Cc1c(-c2ccccc2)c(F)c2oc(N3CC(CO)C3)nc2c1C#N. The van der Waals surface area contributed by atoms with Gasteiger partial charge in [-0.3, -0.25) is 0 Å². The normalized spacial score (nSPS) is 14.6. The van der Waals surface area contributed by atoms with Gasteiger partial charge in [-0.15, -0.1) is 0 Å². The number of rotatable bonds is 3. The summed E-state index contributed by atoms with van der Waals surface area (Å²) in [6.07, 6.45) is 0. The smallest absolute Gasteiger partial charge is 0.298 e. The van der Waals surface area contributed by atoms with Crippen molar-refractivity contribution in [1.82, 2.24) is 4.98 Å². The molecule has 2 aromatic carbocycles. The van der Waals surface area contributed by atoms with E-state index in [9.17, 15) is 5.26 Å². The maximum Gasteiger partial charge on any atom is 0.298 e. The van der Waals surface area contributed by atoms with Crippen molar-refractivity contribution in [3.05, 3.63) is 47.3 Å². The number of hydrogen-bond donors (Lipinski definition) is 1. The zero-order valence-corrected chi connectivity index (χ0v) is 13.7. The highest BCUT2D eigenvalue weighted by Gasteiger charge is 2.31. The summed E-state index contributed by atoms with van der Waals surface area (Å²) in [6, 6.07) is 11.5. The van der Waals surface area contributed by atoms with Crippen LogP contribution in [-0.2, 0) is 0 Å². The highest BCUT2D eigenvalue weighted by atomic mass is 19.1. The predicted octanol–water partition coefficient (Wildman–Crippen LogP) is 3.24. The molecule has 1 fully saturated rings. The van der Waals surface area contributed by atoms with Crippen LogP contribution in [0.1, 0.15) is 11.1 Å². The third-order valence-corrected chi connectivity index (χ3v) is 4.68. The molecule has 0 spiro atoms. The average Bonchev–Trinajstić information content (AvgIpc) is 3.00. The number of anilines is 1. The van der Waals surface area contributed by atoms with Crippen molar-refractivity contribution < 1.29 is 13.9 Å². The van der Waals surface area contributed by atoms with Crippen LogP contribution in [-0.4, -0.2) is 29.8 Å². The van der Waals surface area contributed by atoms with Crippen LogP contribution in [0, 0.1) is 30.0 Å². The Labute approximate surface area is 143 Å². The fourth-order valence-corrected chi connectivity index (χ4v) is 3.27. The largest absolute Gasteiger partial charge is 0.420 e. The Morgan fingerprint density at radius 3 is 2.72 bits per heavy atom. The zero-order chi connectivity index (χ0) is 17.6. The van der Waals surface area contributed by atoms with Crippen LogP contribution >= 0.6 is 0 Å². The molecule has 0 bridgehead atoms. The predicted molar refractivity (Wildman–Crippen MR) is 91.6 cm³/mol. The number of oxazole rings is 1. The van der Waals surface area contributed by atoms with Gasteiger partial charge in [0, 0.05) is 31.2 Å². The van der Waals surface area contributed by atoms with Crippen molar-refractivity contribution in [2.75, 3.05) is 24.6 Å². The molecule has 0 saturated carbocycles. The minimum Gasteiger partial charge on any atom is -0.420 e. The monoisotopic (exact) mass is 337 g/mol. The van der Waals surface area contributed by atoms with E-state index in [0.717, 1.165) is 0 Å². The molecule has 1 aliphatic rings. The Bertz CT molecular complexity index is 986. The topological polar surface area (TPSA) is 73.3 Å². The maximum absolute atomic E-state index is 15.2. The van der Waals surface area contributed by atoms with Gasteiger partial charge in [0.1, 0.15) is 11.6 Å². The van der Waals surface area contributed by atoms with Crippen molar-refractivity contribution in [3.63, 3.8) is 0 Å². The molecule has 1 saturated heterocycles. The summed E-state index contributed by atoms with van der Waals surface area (Å²) in [5.41, 5.74) is 2.19. The van der Waals surface area contributed by atoms with Crippen LogP contribution in [0.4, 0.5) is 10.4 Å². The summed E-state index contributed by atoms with van der Waals surface area (Å²) in [7, 11) is 0. The van der Waals surface area contributed by atoms with Gasteiger partial charge in [0.25, 0.3) is 6.01 Å². The summed E-state index contributed by atoms with van der Waals surface area (Å²) in [5, 5.41) is 18.7. The van der Waals surface area contributed by atoms with Gasteiger partial charge in [-0.05, 0) is 18.1 Å². The Hall–Kier alpha value is -2.91. The lowest BCUT2D eigenvalue weighted by atomic mass is 9.95. The van der Waals surface area contributed by atoms with Gasteiger partial charge in [0.2, 0.25) is 0 Å². The molecule has 1 aromatic heterocycles. The quantitative estimate of drug-likeness (QED) is 0.794. The molecule has 0 atom stereocenters. The van der Waals surface area contributed by atoms with Gasteiger partial charge in [0.15, 0.2) is 11.4 Å². The van der Waals surface area contributed by atoms with E-state index in [0.29, 0.717) is 41.4 Å². The second kappa shape index (κ2) is 5.87. The van der Waals surface area contributed by atoms with E-state index in [-0.39, 0.29) is 23.6 Å². The molecule has 6 heteroatoms. The van der Waals surface area contributed by atoms with Gasteiger partial charge in [-0.2, -0.15) is 10.2 Å². The Morgan fingerprint density at radius 1 is 1.36 bits per heavy atom. The summed E-state index contributed by atoms with van der Waals surface area (Å²) < 4.78 is 20.8. The first kappa shape index (κ1) is 15.6. The molecule has 126 valence electrons. The molecular weight excluding hydrogens is 321 g/mol. The number of benzene rings is 2. The standard InChI is InChI=1S/C19H16FN3O2/c1-11-14(7-21)17-18(16(20)15(11)13-5-3-2-4-6-13)25-19(22-17)23-8-12(9-23)10-24/h2-6,12,24H,8-10H2,1H3. The average molecular weight is 337 g/mol. The Balaban J connectivity index is 1.90. The van der Waals surface area contributed by atoms with Crippen molar-refractivity contribution in [1.29, 1.82) is 5.26 Å². The zero-order valence-electron chi connectivity index (χ0n) is 13.7. The number of aromatic nitrogens is 1. The summed E-state index contributed by atoms with van der Waals surface area (Å²) in [5.74, 6) is -0.326. The molecule has 0 unspecified atom stereocenters. The lowest BCUT2D eigenvalue weighted by molar-refractivity contribution is 0.196. The van der Waals surface area contributed by atoms with E-state index in [1.165, 1.54) is 0 Å². The highest BCUT2D eigenvalue weighted by Crippen LogP contribution is 2.38. The van der Waals surface area contributed by atoms with Gasteiger partial charge < -0.3 is 14.4 Å². The van der Waals surface area contributed by atoms with Gasteiger partial charge in [-0.1, -0.05) is 30.3 Å². The lowest BCUT2D eigenvalue weighted by Crippen LogP contribution is -2.48. The summed E-state index contributed by atoms with van der Waals surface area (Å²) in [4.78, 5) is 6.18. The van der Waals surface area contributed by atoms with Crippen molar-refractivity contribution in [3.8, 4) is 17.2 Å². The van der Waals surface area contributed by atoms with E-state index >= 15 is 4.39 Å². The van der Waals surface area contributed by atoms with Crippen LogP contribution in [0.15, 0.2) is 34.7 Å². The second-order valence-electron chi connectivity index (χ2n) is 6.29. The third kappa shape index (κ3) is 2.36. The van der Waals surface area contributed by atoms with E-state index in [2.05, 4.69) is 11.1 Å². The van der Waals surface area contributed by atoms with Crippen LogP contribution in [0.5, 0.6) is 0 Å². The number of fused-ring (bicyclic) bond motifs is 1. The number of halogens is 1. The second-order valence-corrected chi connectivity index (χ2v) is 6.29. The minimum absolute atomic E-state index is 0.00320. The highest BCUT2D eigenvalue weighted by molar-refractivity contribution is 5.90. The first-order chi connectivity index (χ1) is 12.1. The molecule has 0 aliphatic carbocycles. The Morgan fingerprint density at radius 2 is 2.08 bits per heavy atom. The Kier molecular flexibility index (Phi) is 3.66. The molecule has 5 nitrogen and oxygen atoms in total. The van der Waals surface area contributed by atoms with Crippen LogP contribution in [0.2, 0.25) is 0 Å². The number of nitriles is 1. The van der Waals surface area contributed by atoms with E-state index in [1.807, 2.05) is 23.1 Å². The van der Waals surface area contributed by atoms with Gasteiger partial charge >= 0.3 is 0 Å². The fraction of sp³-hybridized carbons (Fsp3) is 0.263. The summed E-state index contributed by atoms with van der Waals surface area (Å²) >= 11 is 0. The molecule has 2 heterocycles. The van der Waals surface area contributed by atoms with Crippen molar-refractivity contribution in [2.45, 2.75) is 6.92 Å². The fourth-order valence-electron chi connectivity index (χ4n) is 3.27. The van der Waals surface area contributed by atoms with E-state index < -0.39 is 5.82 Å². The third-order valence-electron chi connectivity index (χ3n) is 4.68. The van der Waals surface area contributed by atoms with Gasteiger partial charge in [0.05, 0.1) is 5.56 Å². The minimum atomic E-state index is -0.504. The van der Waals surface area contributed by atoms with Gasteiger partial charge in [-0.25, -0.2) is 4.39 Å². The molecule has 0 amide bonds. The van der Waals surface area contributed by atoms with Crippen molar-refractivity contribution in [2.24, 2.45) is 5.92 Å². The molecule has 0 radical (unpaired) electrons. The molecule has 3 aromatic rings. The maximum atomic E-state index is 15.2. The number of aliphatic hydroxyl groups excluding tert-OH is 1. The van der Waals surface area contributed by atoms with E-state index in [1.54, 1.807) is 19.1 Å². The van der Waals surface area contributed by atoms with Crippen molar-refractivity contribution >= 4 is 17.1 Å². The molecule has 4 rings (SSSR count). The molecular formula is C19H16FN3O2. The first-order valence-electron chi connectivity index (χ1n) is 8.08. The lowest BCUT2D eigenvalue weighted by Gasteiger charge is -2.36. The molecule has 25 heavy (non-hydrogen) atoms. The molecule has 1 N–H and O–H groups in total. The number of aliphatic hydroxyl groups is 1. The van der Waals surface area contributed by atoms with E-state index in [4.69, 9.17) is 9.52 Å². The number of nitrogens with zero attached hydrogens (tertiary/aromatic N) is 3. The first-order valence-corrected chi connectivity index (χ1v) is 8.08. The van der Waals surface area contributed by atoms with Crippen LogP contribution in [0.25, 0.3) is 22.2 Å². The summed E-state index contributed by atoms with van der Waals surface area (Å²) in [6.45, 7) is 3.05. The van der Waals surface area contributed by atoms with Crippen LogP contribution in [0.3, 0.4) is 0 Å². The van der Waals surface area contributed by atoms with Crippen LogP contribution < -0.4 is 4.90 Å². The molecule has 1 aliphatic heterocycles.